The molecule has 0 saturated carbocycles. The van der Waals surface area contributed by atoms with Gasteiger partial charge in [0.15, 0.2) is 5.82 Å². The standard InChI is InChI=1S/C18H20N6O3S/c1-10-11(2)23-24-18(10)22-15-3-5-20-16(21-15)9-13-8-14(28(19,25)26)7-12-4-6-27-17(12)13/h3,5,7-8H,4,6,9H2,1-2H3,(H2,19,25,26)(H2,20,21,22,23,24). The summed E-state index contributed by atoms with van der Waals surface area (Å²) < 4.78 is 29.3. The highest BCUT2D eigenvalue weighted by molar-refractivity contribution is 7.89. The molecule has 1 aliphatic heterocycles. The molecule has 10 heteroatoms. The van der Waals surface area contributed by atoms with Crippen LogP contribution in [0.2, 0.25) is 0 Å². The number of hydrogen-bond donors (Lipinski definition) is 3. The van der Waals surface area contributed by atoms with Gasteiger partial charge in [0, 0.05) is 35.9 Å². The van der Waals surface area contributed by atoms with Gasteiger partial charge in [-0.25, -0.2) is 23.5 Å². The van der Waals surface area contributed by atoms with E-state index in [0.29, 0.717) is 48.2 Å². The lowest BCUT2D eigenvalue weighted by Crippen LogP contribution is -2.13. The molecule has 1 aromatic carbocycles. The fourth-order valence-corrected chi connectivity index (χ4v) is 3.72. The number of rotatable bonds is 5. The summed E-state index contributed by atoms with van der Waals surface area (Å²) in [7, 11) is -3.81. The summed E-state index contributed by atoms with van der Waals surface area (Å²) in [6, 6.07) is 4.85. The molecule has 4 rings (SSSR count). The zero-order valence-corrected chi connectivity index (χ0v) is 16.3. The number of aromatic amines is 1. The summed E-state index contributed by atoms with van der Waals surface area (Å²) in [5, 5.41) is 15.6. The number of nitrogens with one attached hydrogen (secondary N) is 2. The second-order valence-electron chi connectivity index (χ2n) is 6.70. The lowest BCUT2D eigenvalue weighted by molar-refractivity contribution is 0.353. The molecule has 0 amide bonds. The molecule has 4 N–H and O–H groups in total. The number of primary sulfonamides is 1. The fourth-order valence-electron chi connectivity index (χ4n) is 3.10. The number of sulfonamides is 1. The zero-order valence-electron chi connectivity index (χ0n) is 15.5. The van der Waals surface area contributed by atoms with Gasteiger partial charge in [0.1, 0.15) is 17.4 Å². The summed E-state index contributed by atoms with van der Waals surface area (Å²) >= 11 is 0. The molecular weight excluding hydrogens is 380 g/mol. The van der Waals surface area contributed by atoms with Crippen molar-refractivity contribution >= 4 is 21.7 Å². The molecule has 0 unspecified atom stereocenters. The molecule has 0 aliphatic carbocycles. The van der Waals surface area contributed by atoms with Crippen LogP contribution < -0.4 is 15.2 Å². The Labute approximate surface area is 162 Å². The van der Waals surface area contributed by atoms with Crippen molar-refractivity contribution in [3.05, 3.63) is 52.6 Å². The molecule has 28 heavy (non-hydrogen) atoms. The van der Waals surface area contributed by atoms with E-state index in [0.717, 1.165) is 16.8 Å². The summed E-state index contributed by atoms with van der Waals surface area (Å²) in [6.07, 6.45) is 2.61. The Bertz CT molecular complexity index is 1160. The van der Waals surface area contributed by atoms with Crippen molar-refractivity contribution in [1.82, 2.24) is 20.2 Å². The first-order chi connectivity index (χ1) is 13.3. The number of aryl methyl sites for hydroxylation is 1. The molecular formula is C18H20N6O3S. The number of hydrogen-bond acceptors (Lipinski definition) is 7. The first-order valence-electron chi connectivity index (χ1n) is 8.73. The second kappa shape index (κ2) is 6.88. The fraction of sp³-hybridized carbons (Fsp3) is 0.278. The predicted molar refractivity (Wildman–Crippen MR) is 103 cm³/mol. The van der Waals surface area contributed by atoms with Crippen LogP contribution in [-0.4, -0.2) is 35.2 Å². The molecule has 1 aliphatic rings. The van der Waals surface area contributed by atoms with Crippen LogP contribution in [0.5, 0.6) is 5.75 Å². The maximum Gasteiger partial charge on any atom is 0.238 e. The van der Waals surface area contributed by atoms with E-state index in [4.69, 9.17) is 9.88 Å². The largest absolute Gasteiger partial charge is 0.493 e. The Morgan fingerprint density at radius 3 is 2.86 bits per heavy atom. The Kier molecular flexibility index (Phi) is 4.52. The van der Waals surface area contributed by atoms with Crippen LogP contribution in [0.1, 0.15) is 28.2 Å². The average molecular weight is 400 g/mol. The van der Waals surface area contributed by atoms with Crippen molar-refractivity contribution in [3.8, 4) is 5.75 Å². The number of H-pyrrole nitrogens is 1. The summed E-state index contributed by atoms with van der Waals surface area (Å²) in [5.41, 5.74) is 3.51. The van der Waals surface area contributed by atoms with E-state index in [1.807, 2.05) is 13.8 Å². The normalized spacial score (nSPS) is 13.2. The summed E-state index contributed by atoms with van der Waals surface area (Å²) in [4.78, 5) is 8.90. The Hall–Kier alpha value is -2.98. The van der Waals surface area contributed by atoms with Gasteiger partial charge in [-0.05, 0) is 37.6 Å². The van der Waals surface area contributed by atoms with E-state index in [-0.39, 0.29) is 4.90 Å². The maximum absolute atomic E-state index is 11.8. The number of aromatic nitrogens is 4. The SMILES string of the molecule is Cc1[nH]nc(Nc2ccnc(Cc3cc(S(N)(=O)=O)cc4c3OCC4)n2)c1C. The highest BCUT2D eigenvalue weighted by Gasteiger charge is 2.22. The first-order valence-corrected chi connectivity index (χ1v) is 10.3. The highest BCUT2D eigenvalue weighted by atomic mass is 32.2. The number of benzene rings is 1. The van der Waals surface area contributed by atoms with Crippen LogP contribution in [0, 0.1) is 13.8 Å². The quantitative estimate of drug-likeness (QED) is 0.593. The van der Waals surface area contributed by atoms with Gasteiger partial charge < -0.3 is 10.1 Å². The van der Waals surface area contributed by atoms with Crippen LogP contribution in [0.3, 0.4) is 0 Å². The van der Waals surface area contributed by atoms with Gasteiger partial charge >= 0.3 is 0 Å². The van der Waals surface area contributed by atoms with Gasteiger partial charge in [-0.1, -0.05) is 0 Å². The van der Waals surface area contributed by atoms with Crippen molar-refractivity contribution in [2.24, 2.45) is 5.14 Å². The number of ether oxygens (including phenoxy) is 1. The van der Waals surface area contributed by atoms with Gasteiger partial charge in [-0.2, -0.15) is 5.10 Å². The van der Waals surface area contributed by atoms with Crippen LogP contribution in [0.15, 0.2) is 29.3 Å². The minimum Gasteiger partial charge on any atom is -0.493 e. The van der Waals surface area contributed by atoms with Gasteiger partial charge in [0.25, 0.3) is 0 Å². The molecule has 0 radical (unpaired) electrons. The lowest BCUT2D eigenvalue weighted by Gasteiger charge is -2.11. The monoisotopic (exact) mass is 400 g/mol. The molecule has 3 aromatic rings. The second-order valence-corrected chi connectivity index (χ2v) is 8.26. The molecule has 3 heterocycles. The smallest absolute Gasteiger partial charge is 0.238 e. The molecule has 0 fully saturated rings. The molecule has 0 spiro atoms. The van der Waals surface area contributed by atoms with E-state index in [2.05, 4.69) is 25.5 Å². The van der Waals surface area contributed by atoms with Gasteiger partial charge in [-0.3, -0.25) is 5.10 Å². The van der Waals surface area contributed by atoms with Crippen LogP contribution in [0.25, 0.3) is 0 Å². The lowest BCUT2D eigenvalue weighted by atomic mass is 10.1. The van der Waals surface area contributed by atoms with Crippen molar-refractivity contribution in [2.45, 2.75) is 31.6 Å². The van der Waals surface area contributed by atoms with Gasteiger partial charge in [-0.15, -0.1) is 0 Å². The Morgan fingerprint density at radius 2 is 2.14 bits per heavy atom. The van der Waals surface area contributed by atoms with E-state index < -0.39 is 10.0 Å². The van der Waals surface area contributed by atoms with Crippen LogP contribution >= 0.6 is 0 Å². The summed E-state index contributed by atoms with van der Waals surface area (Å²) in [6.45, 7) is 4.41. The number of fused-ring (bicyclic) bond motifs is 1. The minimum atomic E-state index is -3.81. The molecule has 0 bridgehead atoms. The topological polar surface area (TPSA) is 136 Å². The van der Waals surface area contributed by atoms with Crippen LogP contribution in [0.4, 0.5) is 11.6 Å². The van der Waals surface area contributed by atoms with E-state index in [1.54, 1.807) is 18.3 Å². The zero-order chi connectivity index (χ0) is 19.9. The minimum absolute atomic E-state index is 0.0728. The Morgan fingerprint density at radius 1 is 1.32 bits per heavy atom. The third-order valence-electron chi connectivity index (χ3n) is 4.72. The molecule has 146 valence electrons. The number of anilines is 2. The number of nitrogens with two attached hydrogens (primary N) is 1. The van der Waals surface area contributed by atoms with Crippen molar-refractivity contribution in [3.63, 3.8) is 0 Å². The first kappa shape index (κ1) is 18.4. The average Bonchev–Trinajstić information content (AvgIpc) is 3.23. The molecule has 2 aromatic heterocycles. The van der Waals surface area contributed by atoms with Crippen molar-refractivity contribution < 1.29 is 13.2 Å². The maximum atomic E-state index is 11.8. The third kappa shape index (κ3) is 3.56. The van der Waals surface area contributed by atoms with Crippen molar-refractivity contribution in [1.29, 1.82) is 0 Å². The van der Waals surface area contributed by atoms with Gasteiger partial charge in [0.05, 0.1) is 11.5 Å². The molecule has 0 atom stereocenters. The van der Waals surface area contributed by atoms with Crippen molar-refractivity contribution in [2.75, 3.05) is 11.9 Å². The van der Waals surface area contributed by atoms with E-state index in [9.17, 15) is 8.42 Å². The molecule has 9 nitrogen and oxygen atoms in total. The van der Waals surface area contributed by atoms with Gasteiger partial charge in [0.2, 0.25) is 10.0 Å². The highest BCUT2D eigenvalue weighted by Crippen LogP contribution is 2.33. The number of nitrogens with zero attached hydrogens (tertiary/aromatic N) is 3. The Balaban J connectivity index is 1.65. The molecule has 0 saturated heterocycles. The third-order valence-corrected chi connectivity index (χ3v) is 5.61. The van der Waals surface area contributed by atoms with E-state index >= 15 is 0 Å². The predicted octanol–water partition coefficient (Wildman–Crippen LogP) is 1.73. The van der Waals surface area contributed by atoms with Crippen LogP contribution in [-0.2, 0) is 22.9 Å². The van der Waals surface area contributed by atoms with E-state index in [1.165, 1.54) is 6.07 Å². The summed E-state index contributed by atoms with van der Waals surface area (Å²) in [5.74, 6) is 2.51.